The first-order chi connectivity index (χ1) is 7.90. The van der Waals surface area contributed by atoms with E-state index in [9.17, 15) is 0 Å². The van der Waals surface area contributed by atoms with Crippen LogP contribution in [-0.4, -0.2) is 6.54 Å². The van der Waals surface area contributed by atoms with Gasteiger partial charge in [-0.15, -0.1) is 0 Å². The maximum atomic E-state index is 5.52. The molecule has 0 atom stereocenters. The van der Waals surface area contributed by atoms with Crippen molar-refractivity contribution in [1.29, 1.82) is 0 Å². The second-order valence-electron chi connectivity index (χ2n) is 4.97. The topological polar surface area (TPSA) is 26.0 Å². The van der Waals surface area contributed by atoms with Crippen LogP contribution in [0, 0.1) is 0 Å². The van der Waals surface area contributed by atoms with Crippen LogP contribution >= 0.6 is 0 Å². The van der Waals surface area contributed by atoms with E-state index < -0.39 is 0 Å². The average Bonchev–Trinajstić information content (AvgIpc) is 2.38. The van der Waals surface area contributed by atoms with E-state index in [-0.39, 0.29) is 0 Å². The van der Waals surface area contributed by atoms with Crippen molar-refractivity contribution in [3.8, 4) is 0 Å². The Morgan fingerprint density at radius 2 is 1.69 bits per heavy atom. The molecule has 1 nitrogen and oxygen atoms in total. The molecular weight excluding hydrogens is 194 g/mol. The summed E-state index contributed by atoms with van der Waals surface area (Å²) in [5.41, 5.74) is 8.51. The van der Waals surface area contributed by atoms with Crippen molar-refractivity contribution < 1.29 is 0 Å². The molecule has 0 unspecified atom stereocenters. The first kappa shape index (κ1) is 11.7. The fraction of sp³-hybridized carbons (Fsp3) is 0.600. The number of rotatable bonds is 4. The van der Waals surface area contributed by atoms with Gasteiger partial charge in [-0.2, -0.15) is 0 Å². The highest BCUT2D eigenvalue weighted by Crippen LogP contribution is 2.32. The van der Waals surface area contributed by atoms with E-state index in [2.05, 4.69) is 24.3 Å². The van der Waals surface area contributed by atoms with E-state index in [1.54, 1.807) is 5.56 Å². The molecule has 16 heavy (non-hydrogen) atoms. The summed E-state index contributed by atoms with van der Waals surface area (Å²) in [5.74, 6) is 0.831. The fourth-order valence-corrected chi connectivity index (χ4v) is 2.70. The smallest absolute Gasteiger partial charge is 0.00741 e. The van der Waals surface area contributed by atoms with Crippen LogP contribution in [0.1, 0.15) is 55.6 Å². The Balaban J connectivity index is 1.95. The van der Waals surface area contributed by atoms with Gasteiger partial charge >= 0.3 is 0 Å². The Kier molecular flexibility index (Phi) is 4.41. The Morgan fingerprint density at radius 1 is 1.00 bits per heavy atom. The van der Waals surface area contributed by atoms with Crippen LogP contribution < -0.4 is 5.73 Å². The van der Waals surface area contributed by atoms with Gasteiger partial charge in [0.15, 0.2) is 0 Å². The van der Waals surface area contributed by atoms with Gasteiger partial charge in [0.1, 0.15) is 0 Å². The minimum Gasteiger partial charge on any atom is -0.330 e. The SMILES string of the molecule is NCCCc1ccc(C2CCCCC2)cc1. The zero-order valence-electron chi connectivity index (χ0n) is 10.1. The van der Waals surface area contributed by atoms with Crippen LogP contribution in [0.25, 0.3) is 0 Å². The molecule has 1 aliphatic rings. The molecule has 0 aromatic heterocycles. The minimum absolute atomic E-state index is 0.796. The molecule has 1 heteroatoms. The van der Waals surface area contributed by atoms with E-state index >= 15 is 0 Å². The molecule has 0 spiro atoms. The normalized spacial score (nSPS) is 17.6. The highest BCUT2D eigenvalue weighted by atomic mass is 14.5. The molecule has 1 aromatic carbocycles. The molecule has 2 N–H and O–H groups in total. The van der Waals surface area contributed by atoms with E-state index in [1.165, 1.54) is 37.7 Å². The number of nitrogens with two attached hydrogens (primary N) is 1. The highest BCUT2D eigenvalue weighted by Gasteiger charge is 2.14. The third-order valence-corrected chi connectivity index (χ3v) is 3.73. The largest absolute Gasteiger partial charge is 0.330 e. The molecule has 88 valence electrons. The summed E-state index contributed by atoms with van der Waals surface area (Å²) in [6, 6.07) is 9.25. The zero-order chi connectivity index (χ0) is 11.2. The van der Waals surface area contributed by atoms with E-state index in [0.717, 1.165) is 25.3 Å². The molecule has 1 fully saturated rings. The van der Waals surface area contributed by atoms with Gasteiger partial charge < -0.3 is 5.73 Å². The van der Waals surface area contributed by atoms with Crippen molar-refractivity contribution in [2.45, 2.75) is 50.9 Å². The van der Waals surface area contributed by atoms with Crippen LogP contribution in [0.15, 0.2) is 24.3 Å². The molecule has 0 radical (unpaired) electrons. The van der Waals surface area contributed by atoms with E-state index in [0.29, 0.717) is 0 Å². The van der Waals surface area contributed by atoms with Crippen LogP contribution in [0.2, 0.25) is 0 Å². The maximum absolute atomic E-state index is 5.52. The van der Waals surface area contributed by atoms with Crippen LogP contribution in [0.3, 0.4) is 0 Å². The average molecular weight is 217 g/mol. The van der Waals surface area contributed by atoms with Crippen molar-refractivity contribution in [3.63, 3.8) is 0 Å². The van der Waals surface area contributed by atoms with E-state index in [1.807, 2.05) is 0 Å². The van der Waals surface area contributed by atoms with Gasteiger partial charge in [-0.3, -0.25) is 0 Å². The Hall–Kier alpha value is -0.820. The van der Waals surface area contributed by atoms with Crippen molar-refractivity contribution in [2.75, 3.05) is 6.54 Å². The lowest BCUT2D eigenvalue weighted by atomic mass is 9.84. The lowest BCUT2D eigenvalue weighted by Gasteiger charge is -2.22. The second-order valence-corrected chi connectivity index (χ2v) is 4.97. The molecule has 0 bridgehead atoms. The monoisotopic (exact) mass is 217 g/mol. The number of hydrogen-bond donors (Lipinski definition) is 1. The van der Waals surface area contributed by atoms with E-state index in [4.69, 9.17) is 5.73 Å². The molecule has 1 aromatic rings. The Morgan fingerprint density at radius 3 is 2.31 bits per heavy atom. The predicted octanol–water partition coefficient (Wildman–Crippen LogP) is 3.63. The molecular formula is C15H23N. The Labute approximate surface area is 99.0 Å². The molecule has 1 saturated carbocycles. The minimum atomic E-state index is 0.796. The first-order valence-corrected chi connectivity index (χ1v) is 6.69. The van der Waals surface area contributed by atoms with Gasteiger partial charge in [0.2, 0.25) is 0 Å². The van der Waals surface area contributed by atoms with Crippen molar-refractivity contribution >= 4 is 0 Å². The summed E-state index contributed by atoms with van der Waals surface area (Å²) in [4.78, 5) is 0. The van der Waals surface area contributed by atoms with Crippen molar-refractivity contribution in [2.24, 2.45) is 5.73 Å². The van der Waals surface area contributed by atoms with Crippen LogP contribution in [0.5, 0.6) is 0 Å². The second kappa shape index (κ2) is 6.05. The molecule has 1 aliphatic carbocycles. The first-order valence-electron chi connectivity index (χ1n) is 6.69. The quantitative estimate of drug-likeness (QED) is 0.819. The summed E-state index contributed by atoms with van der Waals surface area (Å²) >= 11 is 0. The number of benzene rings is 1. The molecule has 0 aliphatic heterocycles. The third-order valence-electron chi connectivity index (χ3n) is 3.73. The van der Waals surface area contributed by atoms with Crippen LogP contribution in [-0.2, 0) is 6.42 Å². The third kappa shape index (κ3) is 3.08. The summed E-state index contributed by atoms with van der Waals surface area (Å²) in [6.07, 6.45) is 9.28. The summed E-state index contributed by atoms with van der Waals surface area (Å²) in [7, 11) is 0. The Bertz CT molecular complexity index is 296. The van der Waals surface area contributed by atoms with Crippen molar-refractivity contribution in [1.82, 2.24) is 0 Å². The number of aryl methyl sites for hydroxylation is 1. The molecule has 0 heterocycles. The molecule has 2 rings (SSSR count). The standard InChI is InChI=1S/C15H23N/c16-12-4-5-13-8-10-15(11-9-13)14-6-2-1-3-7-14/h8-11,14H,1-7,12,16H2. The van der Waals surface area contributed by atoms with Crippen LogP contribution in [0.4, 0.5) is 0 Å². The summed E-state index contributed by atoms with van der Waals surface area (Å²) in [5, 5.41) is 0. The summed E-state index contributed by atoms with van der Waals surface area (Å²) < 4.78 is 0. The summed E-state index contributed by atoms with van der Waals surface area (Å²) in [6.45, 7) is 0.796. The van der Waals surface area contributed by atoms with Gasteiger partial charge in [-0.1, -0.05) is 43.5 Å². The lowest BCUT2D eigenvalue weighted by molar-refractivity contribution is 0.443. The van der Waals surface area contributed by atoms with Gasteiger partial charge in [0.25, 0.3) is 0 Å². The van der Waals surface area contributed by atoms with Gasteiger partial charge in [0.05, 0.1) is 0 Å². The van der Waals surface area contributed by atoms with Gasteiger partial charge in [-0.05, 0) is 49.3 Å². The highest BCUT2D eigenvalue weighted by molar-refractivity contribution is 5.25. The fourth-order valence-electron chi connectivity index (χ4n) is 2.70. The van der Waals surface area contributed by atoms with Crippen molar-refractivity contribution in [3.05, 3.63) is 35.4 Å². The maximum Gasteiger partial charge on any atom is -0.00741 e. The number of hydrogen-bond acceptors (Lipinski definition) is 1. The predicted molar refractivity (Wildman–Crippen MR) is 69.6 cm³/mol. The van der Waals surface area contributed by atoms with Gasteiger partial charge in [0, 0.05) is 0 Å². The molecule has 0 saturated heterocycles. The zero-order valence-corrected chi connectivity index (χ0v) is 10.1. The van der Waals surface area contributed by atoms with Gasteiger partial charge in [-0.25, -0.2) is 0 Å². The molecule has 0 amide bonds. The lowest BCUT2D eigenvalue weighted by Crippen LogP contribution is -2.04.